The number of aromatic hydroxyl groups is 1. The van der Waals surface area contributed by atoms with Crippen LogP contribution in [0.15, 0.2) is 4.79 Å². The van der Waals surface area contributed by atoms with Gasteiger partial charge in [-0.05, 0) is 18.6 Å². The van der Waals surface area contributed by atoms with E-state index in [4.69, 9.17) is 0 Å². The van der Waals surface area contributed by atoms with Crippen LogP contribution in [0.4, 0.5) is 0 Å². The summed E-state index contributed by atoms with van der Waals surface area (Å²) < 4.78 is 0. The van der Waals surface area contributed by atoms with E-state index < -0.39 is 0 Å². The van der Waals surface area contributed by atoms with Gasteiger partial charge in [-0.2, -0.15) is 16.7 Å². The molecule has 0 aliphatic heterocycles. The summed E-state index contributed by atoms with van der Waals surface area (Å²) in [5, 5.41) is 9.49. The topological polar surface area (TPSA) is 66.0 Å². The van der Waals surface area contributed by atoms with Gasteiger partial charge in [-0.25, -0.2) is 0 Å². The molecule has 1 aromatic rings. The second-order valence-corrected chi connectivity index (χ2v) is 4.33. The minimum atomic E-state index is -0.225. The van der Waals surface area contributed by atoms with Gasteiger partial charge in [0, 0.05) is 0 Å². The standard InChI is InChI=1S/C10H16N2O2S/c1-3-5-15-6-8-11-9(13)7(4-2)10(14)12-8/h3-6H2,1-2H3,(H2,11,12,13,14). The molecule has 0 radical (unpaired) electrons. The van der Waals surface area contributed by atoms with E-state index in [1.54, 1.807) is 11.8 Å². The average molecular weight is 228 g/mol. The zero-order valence-electron chi connectivity index (χ0n) is 9.04. The Labute approximate surface area is 93.1 Å². The fraction of sp³-hybridized carbons (Fsp3) is 0.600. The first-order valence-corrected chi connectivity index (χ1v) is 6.23. The summed E-state index contributed by atoms with van der Waals surface area (Å²) in [6.45, 7) is 3.91. The van der Waals surface area contributed by atoms with Gasteiger partial charge in [0.05, 0.1) is 11.3 Å². The lowest BCUT2D eigenvalue weighted by Gasteiger charge is -2.03. The number of nitrogens with one attached hydrogen (secondary N) is 1. The summed E-state index contributed by atoms with van der Waals surface area (Å²) in [6, 6.07) is 0. The molecule has 0 aromatic carbocycles. The summed E-state index contributed by atoms with van der Waals surface area (Å²) >= 11 is 1.69. The van der Waals surface area contributed by atoms with Gasteiger partial charge >= 0.3 is 0 Å². The Morgan fingerprint density at radius 1 is 1.47 bits per heavy atom. The maximum atomic E-state index is 11.5. The molecule has 5 heteroatoms. The summed E-state index contributed by atoms with van der Waals surface area (Å²) in [5.41, 5.74) is 0.135. The van der Waals surface area contributed by atoms with Crippen molar-refractivity contribution in [1.82, 2.24) is 9.97 Å². The lowest BCUT2D eigenvalue weighted by atomic mass is 10.2. The first-order valence-electron chi connectivity index (χ1n) is 5.07. The Morgan fingerprint density at radius 2 is 2.20 bits per heavy atom. The van der Waals surface area contributed by atoms with Gasteiger partial charge in [-0.1, -0.05) is 13.8 Å². The number of rotatable bonds is 5. The van der Waals surface area contributed by atoms with Crippen LogP contribution in [0.2, 0.25) is 0 Å². The fourth-order valence-corrected chi connectivity index (χ4v) is 1.99. The van der Waals surface area contributed by atoms with Crippen LogP contribution in [0, 0.1) is 0 Å². The molecule has 0 amide bonds. The van der Waals surface area contributed by atoms with Gasteiger partial charge in [0.15, 0.2) is 0 Å². The Morgan fingerprint density at radius 3 is 2.73 bits per heavy atom. The number of H-pyrrole nitrogens is 1. The molecule has 0 atom stereocenters. The van der Waals surface area contributed by atoms with Gasteiger partial charge in [0.25, 0.3) is 5.56 Å². The quantitative estimate of drug-likeness (QED) is 0.752. The molecule has 0 unspecified atom stereocenters. The van der Waals surface area contributed by atoms with E-state index >= 15 is 0 Å². The van der Waals surface area contributed by atoms with Gasteiger partial charge in [0.1, 0.15) is 5.82 Å². The molecule has 0 aliphatic rings. The molecule has 1 rings (SSSR count). The first kappa shape index (κ1) is 12.1. The summed E-state index contributed by atoms with van der Waals surface area (Å²) in [5.74, 6) is 2.09. The van der Waals surface area contributed by atoms with E-state index in [9.17, 15) is 9.90 Å². The lowest BCUT2D eigenvalue weighted by molar-refractivity contribution is 0.441. The monoisotopic (exact) mass is 228 g/mol. The average Bonchev–Trinajstić information content (AvgIpc) is 2.18. The number of nitrogens with zero attached hydrogens (tertiary/aromatic N) is 1. The van der Waals surface area contributed by atoms with Crippen LogP contribution in [-0.4, -0.2) is 20.8 Å². The Balaban J connectivity index is 2.80. The van der Waals surface area contributed by atoms with Crippen molar-refractivity contribution in [2.24, 2.45) is 0 Å². The molecule has 0 bridgehead atoms. The molecule has 0 spiro atoms. The molecule has 4 nitrogen and oxygen atoms in total. The summed E-state index contributed by atoms with van der Waals surface area (Å²) in [6.07, 6.45) is 1.59. The van der Waals surface area contributed by atoms with Crippen molar-refractivity contribution in [3.63, 3.8) is 0 Å². The van der Waals surface area contributed by atoms with E-state index in [1.165, 1.54) is 0 Å². The normalized spacial score (nSPS) is 10.5. The van der Waals surface area contributed by atoms with E-state index in [2.05, 4.69) is 16.9 Å². The SMILES string of the molecule is CCCSCc1nc(O)c(CC)c(=O)[nH]1. The number of thioether (sulfide) groups is 1. The van der Waals surface area contributed by atoms with Crippen molar-refractivity contribution >= 4 is 11.8 Å². The number of hydrogen-bond acceptors (Lipinski definition) is 4. The number of hydrogen-bond donors (Lipinski definition) is 2. The van der Waals surface area contributed by atoms with E-state index in [0.29, 0.717) is 23.6 Å². The molecule has 0 saturated heterocycles. The van der Waals surface area contributed by atoms with Crippen LogP contribution in [0.1, 0.15) is 31.7 Å². The highest BCUT2D eigenvalue weighted by Gasteiger charge is 2.08. The molecule has 0 aliphatic carbocycles. The van der Waals surface area contributed by atoms with Crippen molar-refractivity contribution in [3.8, 4) is 5.88 Å². The maximum Gasteiger partial charge on any atom is 0.257 e. The lowest BCUT2D eigenvalue weighted by Crippen LogP contribution is -2.15. The van der Waals surface area contributed by atoms with Crippen LogP contribution in [0.25, 0.3) is 0 Å². The predicted octanol–water partition coefficient (Wildman–Crippen LogP) is 1.68. The van der Waals surface area contributed by atoms with Crippen LogP contribution >= 0.6 is 11.8 Å². The fourth-order valence-electron chi connectivity index (χ4n) is 1.23. The highest BCUT2D eigenvalue weighted by molar-refractivity contribution is 7.98. The zero-order valence-corrected chi connectivity index (χ0v) is 9.86. The first-order chi connectivity index (χ1) is 7.19. The molecule has 1 aromatic heterocycles. The molecule has 0 fully saturated rings. The largest absolute Gasteiger partial charge is 0.493 e. The summed E-state index contributed by atoms with van der Waals surface area (Å²) in [4.78, 5) is 18.1. The molecule has 2 N–H and O–H groups in total. The van der Waals surface area contributed by atoms with Crippen LogP contribution in [0.5, 0.6) is 5.88 Å². The van der Waals surface area contributed by atoms with Gasteiger partial charge in [-0.3, -0.25) is 4.79 Å². The molecular formula is C10H16N2O2S. The Hall–Kier alpha value is -0.970. The molecule has 15 heavy (non-hydrogen) atoms. The van der Waals surface area contributed by atoms with Crippen molar-refractivity contribution in [1.29, 1.82) is 0 Å². The Bertz CT molecular complexity index is 376. The zero-order chi connectivity index (χ0) is 11.3. The third kappa shape index (κ3) is 3.27. The predicted molar refractivity (Wildman–Crippen MR) is 62.4 cm³/mol. The summed E-state index contributed by atoms with van der Waals surface area (Å²) in [7, 11) is 0. The van der Waals surface area contributed by atoms with Gasteiger partial charge < -0.3 is 10.1 Å². The van der Waals surface area contributed by atoms with E-state index in [1.807, 2.05) is 6.92 Å². The highest BCUT2D eigenvalue weighted by Crippen LogP contribution is 2.13. The minimum absolute atomic E-state index is 0.131. The highest BCUT2D eigenvalue weighted by atomic mass is 32.2. The van der Waals surface area contributed by atoms with Crippen molar-refractivity contribution in [2.75, 3.05) is 5.75 Å². The van der Waals surface area contributed by atoms with Gasteiger partial charge in [-0.15, -0.1) is 0 Å². The molecule has 1 heterocycles. The van der Waals surface area contributed by atoms with Crippen molar-refractivity contribution in [2.45, 2.75) is 32.4 Å². The van der Waals surface area contributed by atoms with Crippen LogP contribution in [0.3, 0.4) is 0 Å². The van der Waals surface area contributed by atoms with Crippen molar-refractivity contribution in [3.05, 3.63) is 21.7 Å². The smallest absolute Gasteiger partial charge is 0.257 e. The Kier molecular flexibility index (Phi) is 4.68. The molecule has 0 saturated carbocycles. The third-order valence-electron chi connectivity index (χ3n) is 1.98. The third-order valence-corrected chi connectivity index (χ3v) is 3.16. The second-order valence-electron chi connectivity index (χ2n) is 3.22. The minimum Gasteiger partial charge on any atom is -0.493 e. The number of aromatic amines is 1. The maximum absolute atomic E-state index is 11.5. The van der Waals surface area contributed by atoms with Crippen LogP contribution < -0.4 is 5.56 Å². The van der Waals surface area contributed by atoms with Crippen molar-refractivity contribution < 1.29 is 5.11 Å². The van der Waals surface area contributed by atoms with Gasteiger partial charge in [0.2, 0.25) is 5.88 Å². The van der Waals surface area contributed by atoms with E-state index in [0.717, 1.165) is 12.2 Å². The molecular weight excluding hydrogens is 212 g/mol. The van der Waals surface area contributed by atoms with Crippen LogP contribution in [-0.2, 0) is 12.2 Å². The number of aromatic nitrogens is 2. The molecule has 84 valence electrons. The second kappa shape index (κ2) is 5.80. The van der Waals surface area contributed by atoms with E-state index in [-0.39, 0.29) is 11.4 Å².